The standard InChI is InChI=1S/C23H22N4O5S/c1-15-7-9-17(10-8-15)33(30,31)27-12-11-18-16(5-4-6-20(18)27)14-26-21(23(29)32-3)13-19(25-26)22(28)24-2/h4-13H,14H2,1-3H3,(H,24,28). The third-order valence-corrected chi connectivity index (χ3v) is 7.02. The van der Waals surface area contributed by atoms with Gasteiger partial charge in [-0.1, -0.05) is 29.8 Å². The first kappa shape index (κ1) is 22.3. The monoisotopic (exact) mass is 466 g/mol. The van der Waals surface area contributed by atoms with Crippen molar-refractivity contribution < 1.29 is 22.7 Å². The fourth-order valence-corrected chi connectivity index (χ4v) is 4.93. The Labute approximate surface area is 190 Å². The van der Waals surface area contributed by atoms with Crippen molar-refractivity contribution in [3.8, 4) is 0 Å². The Bertz CT molecular complexity index is 1470. The molecule has 9 nitrogen and oxygen atoms in total. The van der Waals surface area contributed by atoms with Crippen molar-refractivity contribution in [2.24, 2.45) is 0 Å². The molecule has 10 heteroatoms. The number of amides is 1. The molecular weight excluding hydrogens is 444 g/mol. The van der Waals surface area contributed by atoms with Crippen LogP contribution in [0, 0.1) is 6.92 Å². The summed E-state index contributed by atoms with van der Waals surface area (Å²) in [5, 5.41) is 7.40. The van der Waals surface area contributed by atoms with Crippen LogP contribution in [-0.4, -0.2) is 48.2 Å². The molecule has 0 aliphatic heterocycles. The van der Waals surface area contributed by atoms with Gasteiger partial charge in [0.1, 0.15) is 5.69 Å². The summed E-state index contributed by atoms with van der Waals surface area (Å²) in [6.45, 7) is 2.02. The van der Waals surface area contributed by atoms with Crippen molar-refractivity contribution in [3.05, 3.63) is 83.3 Å². The normalized spacial score (nSPS) is 11.5. The summed E-state index contributed by atoms with van der Waals surface area (Å²) in [5.41, 5.74) is 2.36. The second kappa shape index (κ2) is 8.55. The van der Waals surface area contributed by atoms with Gasteiger partial charge >= 0.3 is 5.97 Å². The van der Waals surface area contributed by atoms with E-state index in [2.05, 4.69) is 10.4 Å². The fraction of sp³-hybridized carbons (Fsp3) is 0.174. The van der Waals surface area contributed by atoms with E-state index >= 15 is 0 Å². The number of methoxy groups -OCH3 is 1. The van der Waals surface area contributed by atoms with Crippen LogP contribution in [0.3, 0.4) is 0 Å². The molecule has 0 atom stereocenters. The van der Waals surface area contributed by atoms with Crippen LogP contribution in [0.15, 0.2) is 65.7 Å². The molecule has 0 bridgehead atoms. The number of fused-ring (bicyclic) bond motifs is 1. The quantitative estimate of drug-likeness (QED) is 0.437. The lowest BCUT2D eigenvalue weighted by Crippen LogP contribution is -2.18. The minimum absolute atomic E-state index is 0.0737. The summed E-state index contributed by atoms with van der Waals surface area (Å²) >= 11 is 0. The van der Waals surface area contributed by atoms with Crippen LogP contribution < -0.4 is 5.32 Å². The number of nitrogens with zero attached hydrogens (tertiary/aromatic N) is 3. The Morgan fingerprint density at radius 1 is 1.09 bits per heavy atom. The van der Waals surface area contributed by atoms with E-state index < -0.39 is 21.9 Å². The minimum atomic E-state index is -3.80. The fourth-order valence-electron chi connectivity index (χ4n) is 3.58. The van der Waals surface area contributed by atoms with E-state index in [0.717, 1.165) is 11.1 Å². The lowest BCUT2D eigenvalue weighted by molar-refractivity contribution is 0.0587. The van der Waals surface area contributed by atoms with Gasteiger partial charge in [-0.3, -0.25) is 9.48 Å². The van der Waals surface area contributed by atoms with Crippen LogP contribution in [0.1, 0.15) is 32.1 Å². The Hall–Kier alpha value is -3.92. The molecular formula is C23H22N4O5S. The second-order valence-electron chi connectivity index (χ2n) is 7.42. The van der Waals surface area contributed by atoms with Gasteiger partial charge in [-0.2, -0.15) is 5.10 Å². The molecule has 0 unspecified atom stereocenters. The molecule has 1 N–H and O–H groups in total. The van der Waals surface area contributed by atoms with Crippen molar-refractivity contribution >= 4 is 32.8 Å². The molecule has 0 saturated heterocycles. The number of carbonyl (C=O) groups excluding carboxylic acids is 2. The van der Waals surface area contributed by atoms with Gasteiger partial charge in [0.2, 0.25) is 0 Å². The average molecular weight is 467 g/mol. The number of rotatable bonds is 6. The number of aromatic nitrogens is 3. The van der Waals surface area contributed by atoms with E-state index in [1.54, 1.807) is 42.5 Å². The lowest BCUT2D eigenvalue weighted by Gasteiger charge is -2.10. The Kier molecular flexibility index (Phi) is 5.77. The van der Waals surface area contributed by atoms with E-state index in [4.69, 9.17) is 4.74 Å². The highest BCUT2D eigenvalue weighted by molar-refractivity contribution is 7.90. The van der Waals surface area contributed by atoms with Crippen LogP contribution in [0.4, 0.5) is 0 Å². The minimum Gasteiger partial charge on any atom is -0.464 e. The highest BCUT2D eigenvalue weighted by Gasteiger charge is 2.22. The summed E-state index contributed by atoms with van der Waals surface area (Å²) in [5.74, 6) is -1.07. The van der Waals surface area contributed by atoms with Gasteiger partial charge in [-0.15, -0.1) is 0 Å². The highest BCUT2D eigenvalue weighted by atomic mass is 32.2. The smallest absolute Gasteiger partial charge is 0.356 e. The molecule has 2 aromatic heterocycles. The van der Waals surface area contributed by atoms with Gasteiger partial charge in [-0.25, -0.2) is 17.2 Å². The van der Waals surface area contributed by atoms with Crippen molar-refractivity contribution in [2.75, 3.05) is 14.2 Å². The molecule has 2 aromatic carbocycles. The number of carbonyl (C=O) groups is 2. The average Bonchev–Trinajstić information content (AvgIpc) is 3.44. The van der Waals surface area contributed by atoms with Gasteiger partial charge in [0.25, 0.3) is 15.9 Å². The largest absolute Gasteiger partial charge is 0.464 e. The van der Waals surface area contributed by atoms with E-state index in [9.17, 15) is 18.0 Å². The molecule has 0 aliphatic rings. The van der Waals surface area contributed by atoms with Crippen LogP contribution in [0.5, 0.6) is 0 Å². The molecule has 33 heavy (non-hydrogen) atoms. The van der Waals surface area contributed by atoms with Crippen LogP contribution in [0.2, 0.25) is 0 Å². The second-order valence-corrected chi connectivity index (χ2v) is 9.24. The number of nitrogens with one attached hydrogen (secondary N) is 1. The zero-order chi connectivity index (χ0) is 23.8. The van der Waals surface area contributed by atoms with E-state index in [-0.39, 0.29) is 22.8 Å². The first-order valence-corrected chi connectivity index (χ1v) is 11.5. The molecule has 2 heterocycles. The Morgan fingerprint density at radius 3 is 2.48 bits per heavy atom. The Morgan fingerprint density at radius 2 is 1.82 bits per heavy atom. The molecule has 0 aliphatic carbocycles. The zero-order valence-corrected chi connectivity index (χ0v) is 19.1. The predicted octanol–water partition coefficient (Wildman–Crippen LogP) is 2.58. The molecule has 1 amide bonds. The van der Waals surface area contributed by atoms with E-state index in [1.165, 1.54) is 35.1 Å². The van der Waals surface area contributed by atoms with Crippen molar-refractivity contribution in [1.29, 1.82) is 0 Å². The van der Waals surface area contributed by atoms with Crippen molar-refractivity contribution in [1.82, 2.24) is 19.1 Å². The number of hydrogen-bond acceptors (Lipinski definition) is 6. The predicted molar refractivity (Wildman–Crippen MR) is 122 cm³/mol. The van der Waals surface area contributed by atoms with Crippen LogP contribution in [-0.2, 0) is 21.3 Å². The van der Waals surface area contributed by atoms with E-state index in [1.807, 2.05) is 13.0 Å². The number of ether oxygens (including phenoxy) is 1. The highest BCUT2D eigenvalue weighted by Crippen LogP contribution is 2.26. The summed E-state index contributed by atoms with van der Waals surface area (Å²) in [6.07, 6.45) is 1.50. The Balaban J connectivity index is 1.78. The topological polar surface area (TPSA) is 112 Å². The maximum absolute atomic E-state index is 13.2. The third-order valence-electron chi connectivity index (χ3n) is 5.32. The van der Waals surface area contributed by atoms with Gasteiger partial charge < -0.3 is 10.1 Å². The van der Waals surface area contributed by atoms with Gasteiger partial charge in [-0.05, 0) is 36.8 Å². The summed E-state index contributed by atoms with van der Waals surface area (Å²) in [4.78, 5) is 24.4. The summed E-state index contributed by atoms with van der Waals surface area (Å²) in [7, 11) is -1.08. The third kappa shape index (κ3) is 4.00. The van der Waals surface area contributed by atoms with Gasteiger partial charge in [0.15, 0.2) is 5.69 Å². The van der Waals surface area contributed by atoms with Crippen molar-refractivity contribution in [2.45, 2.75) is 18.4 Å². The number of aryl methyl sites for hydroxylation is 1. The number of hydrogen-bond donors (Lipinski definition) is 1. The first-order chi connectivity index (χ1) is 15.8. The first-order valence-electron chi connectivity index (χ1n) is 10.1. The van der Waals surface area contributed by atoms with E-state index in [0.29, 0.717) is 10.9 Å². The maximum atomic E-state index is 13.2. The SMILES string of the molecule is CNC(=O)c1cc(C(=O)OC)n(Cc2cccc3c2ccn3S(=O)(=O)c2ccc(C)cc2)n1. The number of benzene rings is 2. The number of esters is 1. The molecule has 4 aromatic rings. The molecule has 0 fully saturated rings. The van der Waals surface area contributed by atoms with Gasteiger partial charge in [0, 0.05) is 24.7 Å². The maximum Gasteiger partial charge on any atom is 0.356 e. The van der Waals surface area contributed by atoms with Crippen LogP contribution >= 0.6 is 0 Å². The summed E-state index contributed by atoms with van der Waals surface area (Å²) in [6, 6.07) is 15.0. The van der Waals surface area contributed by atoms with Crippen molar-refractivity contribution in [3.63, 3.8) is 0 Å². The van der Waals surface area contributed by atoms with Crippen LogP contribution in [0.25, 0.3) is 10.9 Å². The molecule has 0 spiro atoms. The molecule has 170 valence electrons. The lowest BCUT2D eigenvalue weighted by atomic mass is 10.1. The van der Waals surface area contributed by atoms with Gasteiger partial charge in [0.05, 0.1) is 24.1 Å². The molecule has 0 saturated carbocycles. The molecule has 4 rings (SSSR count). The zero-order valence-electron chi connectivity index (χ0n) is 18.3. The summed E-state index contributed by atoms with van der Waals surface area (Å²) < 4.78 is 33.9. The molecule has 0 radical (unpaired) electrons.